The van der Waals surface area contributed by atoms with Crippen molar-refractivity contribution in [2.45, 2.75) is 13.8 Å². The van der Waals surface area contributed by atoms with Crippen molar-refractivity contribution in [3.63, 3.8) is 0 Å². The predicted octanol–water partition coefficient (Wildman–Crippen LogP) is 4.02. The van der Waals surface area contributed by atoms with Crippen LogP contribution in [0.3, 0.4) is 0 Å². The van der Waals surface area contributed by atoms with E-state index in [0.717, 1.165) is 33.2 Å². The van der Waals surface area contributed by atoms with Gasteiger partial charge in [0.15, 0.2) is 5.78 Å². The smallest absolute Gasteiger partial charge is 0.195 e. The Labute approximate surface area is 112 Å². The molecular weight excluding hydrogens is 234 g/mol. The molecule has 2 heteroatoms. The lowest BCUT2D eigenvalue weighted by Crippen LogP contribution is -2.03. The largest absolute Gasteiger partial charge is 0.360 e. The van der Waals surface area contributed by atoms with Crippen molar-refractivity contribution in [3.05, 3.63) is 70.9 Å². The maximum absolute atomic E-state index is 12.7. The van der Waals surface area contributed by atoms with Crippen molar-refractivity contribution < 1.29 is 4.79 Å². The highest BCUT2D eigenvalue weighted by Gasteiger charge is 2.16. The molecular formula is C17H15NO. The zero-order chi connectivity index (χ0) is 13.4. The summed E-state index contributed by atoms with van der Waals surface area (Å²) in [6, 6.07) is 13.7. The Kier molecular flexibility index (Phi) is 2.71. The Morgan fingerprint density at radius 2 is 1.63 bits per heavy atom. The van der Waals surface area contributed by atoms with E-state index in [-0.39, 0.29) is 5.78 Å². The van der Waals surface area contributed by atoms with E-state index in [4.69, 9.17) is 0 Å². The van der Waals surface area contributed by atoms with E-state index in [1.165, 1.54) is 0 Å². The van der Waals surface area contributed by atoms with Crippen molar-refractivity contribution >= 4 is 16.7 Å². The van der Waals surface area contributed by atoms with Crippen LogP contribution in [0.25, 0.3) is 10.9 Å². The molecule has 2 nitrogen and oxygen atoms in total. The highest BCUT2D eigenvalue weighted by Crippen LogP contribution is 2.25. The molecule has 3 rings (SSSR count). The molecule has 1 aromatic heterocycles. The predicted molar refractivity (Wildman–Crippen MR) is 77.6 cm³/mol. The molecule has 0 atom stereocenters. The van der Waals surface area contributed by atoms with Gasteiger partial charge in [0, 0.05) is 28.2 Å². The van der Waals surface area contributed by atoms with Crippen LogP contribution in [-0.2, 0) is 0 Å². The molecule has 3 aromatic rings. The number of hydrogen-bond acceptors (Lipinski definition) is 1. The van der Waals surface area contributed by atoms with Crippen LogP contribution in [0.4, 0.5) is 0 Å². The van der Waals surface area contributed by atoms with Gasteiger partial charge in [-0.15, -0.1) is 0 Å². The second kappa shape index (κ2) is 4.39. The van der Waals surface area contributed by atoms with E-state index >= 15 is 0 Å². The van der Waals surface area contributed by atoms with Gasteiger partial charge in [0.05, 0.1) is 0 Å². The van der Waals surface area contributed by atoms with Crippen LogP contribution in [0, 0.1) is 13.8 Å². The fourth-order valence-electron chi connectivity index (χ4n) is 2.52. The van der Waals surface area contributed by atoms with Crippen molar-refractivity contribution in [1.29, 1.82) is 0 Å². The number of benzene rings is 2. The molecule has 2 aromatic carbocycles. The maximum atomic E-state index is 12.7. The number of carbonyl (C=O) groups is 1. The van der Waals surface area contributed by atoms with Gasteiger partial charge in [-0.2, -0.15) is 0 Å². The number of fused-ring (bicyclic) bond motifs is 1. The Hall–Kier alpha value is -2.35. The number of carbonyl (C=O) groups excluding carboxylic acids is 1. The highest BCUT2D eigenvalue weighted by molar-refractivity contribution is 6.17. The topological polar surface area (TPSA) is 32.9 Å². The minimum atomic E-state index is 0.0821. The van der Waals surface area contributed by atoms with Crippen LogP contribution < -0.4 is 0 Å². The number of rotatable bonds is 2. The third kappa shape index (κ3) is 1.85. The van der Waals surface area contributed by atoms with Gasteiger partial charge in [0.25, 0.3) is 0 Å². The minimum absolute atomic E-state index is 0.0821. The van der Waals surface area contributed by atoms with Gasteiger partial charge in [-0.1, -0.05) is 36.4 Å². The average Bonchev–Trinajstić information content (AvgIpc) is 2.84. The van der Waals surface area contributed by atoms with Crippen molar-refractivity contribution in [2.75, 3.05) is 0 Å². The molecule has 0 amide bonds. The first kappa shape index (κ1) is 11.7. The molecule has 0 aliphatic rings. The SMILES string of the molecule is Cc1ccccc1C(=O)c1c[nH]c2cccc(C)c12. The first-order valence-electron chi connectivity index (χ1n) is 6.35. The number of aryl methyl sites for hydroxylation is 2. The second-order valence-electron chi connectivity index (χ2n) is 4.84. The van der Waals surface area contributed by atoms with Gasteiger partial charge in [0.1, 0.15) is 0 Å². The number of H-pyrrole nitrogens is 1. The number of ketones is 1. The van der Waals surface area contributed by atoms with Crippen molar-refractivity contribution in [1.82, 2.24) is 4.98 Å². The zero-order valence-electron chi connectivity index (χ0n) is 11.0. The second-order valence-corrected chi connectivity index (χ2v) is 4.84. The van der Waals surface area contributed by atoms with Gasteiger partial charge in [-0.05, 0) is 31.0 Å². The summed E-state index contributed by atoms with van der Waals surface area (Å²) in [6.07, 6.45) is 1.81. The van der Waals surface area contributed by atoms with Crippen LogP contribution in [-0.4, -0.2) is 10.8 Å². The van der Waals surface area contributed by atoms with Crippen molar-refractivity contribution in [2.24, 2.45) is 0 Å². The Balaban J connectivity index is 2.21. The molecule has 0 saturated carbocycles. The number of hydrogen-bond donors (Lipinski definition) is 1. The van der Waals surface area contributed by atoms with E-state index in [1.54, 1.807) is 0 Å². The average molecular weight is 249 g/mol. The van der Waals surface area contributed by atoms with Crippen LogP contribution in [0.15, 0.2) is 48.7 Å². The molecule has 19 heavy (non-hydrogen) atoms. The van der Waals surface area contributed by atoms with Gasteiger partial charge < -0.3 is 4.98 Å². The van der Waals surface area contributed by atoms with Gasteiger partial charge in [0.2, 0.25) is 0 Å². The van der Waals surface area contributed by atoms with E-state index < -0.39 is 0 Å². The summed E-state index contributed by atoms with van der Waals surface area (Å²) in [5.74, 6) is 0.0821. The molecule has 0 aliphatic carbocycles. The molecule has 0 saturated heterocycles. The maximum Gasteiger partial charge on any atom is 0.195 e. The highest BCUT2D eigenvalue weighted by atomic mass is 16.1. The lowest BCUT2D eigenvalue weighted by atomic mass is 9.97. The molecule has 0 aliphatic heterocycles. The summed E-state index contributed by atoms with van der Waals surface area (Å²) in [4.78, 5) is 15.9. The fourth-order valence-corrected chi connectivity index (χ4v) is 2.52. The van der Waals surface area contributed by atoms with E-state index in [1.807, 2.05) is 62.5 Å². The Bertz CT molecular complexity index is 768. The summed E-state index contributed by atoms with van der Waals surface area (Å²) >= 11 is 0. The summed E-state index contributed by atoms with van der Waals surface area (Å²) < 4.78 is 0. The monoisotopic (exact) mass is 249 g/mol. The van der Waals surface area contributed by atoms with E-state index in [0.29, 0.717) is 0 Å². The molecule has 0 spiro atoms. The summed E-state index contributed by atoms with van der Waals surface area (Å²) in [5.41, 5.74) is 4.66. The van der Waals surface area contributed by atoms with E-state index in [9.17, 15) is 4.79 Å². The third-order valence-corrected chi connectivity index (χ3v) is 3.55. The quantitative estimate of drug-likeness (QED) is 0.684. The Morgan fingerprint density at radius 1 is 0.895 bits per heavy atom. The van der Waals surface area contributed by atoms with Crippen LogP contribution >= 0.6 is 0 Å². The minimum Gasteiger partial charge on any atom is -0.360 e. The summed E-state index contributed by atoms with van der Waals surface area (Å²) in [6.45, 7) is 4.00. The first-order chi connectivity index (χ1) is 9.18. The van der Waals surface area contributed by atoms with Gasteiger partial charge >= 0.3 is 0 Å². The molecule has 1 heterocycles. The summed E-state index contributed by atoms with van der Waals surface area (Å²) in [7, 11) is 0. The molecule has 0 radical (unpaired) electrons. The van der Waals surface area contributed by atoms with E-state index in [2.05, 4.69) is 4.98 Å². The standard InChI is InChI=1S/C17H15NO/c1-11-6-3-4-8-13(11)17(19)14-10-18-15-9-5-7-12(2)16(14)15/h3-10,18H,1-2H3. The zero-order valence-corrected chi connectivity index (χ0v) is 11.0. The molecule has 94 valence electrons. The molecule has 0 unspecified atom stereocenters. The van der Waals surface area contributed by atoms with Crippen LogP contribution in [0.5, 0.6) is 0 Å². The normalized spacial score (nSPS) is 10.8. The third-order valence-electron chi connectivity index (χ3n) is 3.55. The number of aromatic nitrogens is 1. The Morgan fingerprint density at radius 3 is 2.42 bits per heavy atom. The number of aromatic amines is 1. The van der Waals surface area contributed by atoms with Crippen LogP contribution in [0.2, 0.25) is 0 Å². The first-order valence-corrected chi connectivity index (χ1v) is 6.35. The van der Waals surface area contributed by atoms with Crippen molar-refractivity contribution in [3.8, 4) is 0 Å². The van der Waals surface area contributed by atoms with Gasteiger partial charge in [-0.25, -0.2) is 0 Å². The molecule has 1 N–H and O–H groups in total. The fraction of sp³-hybridized carbons (Fsp3) is 0.118. The van der Waals surface area contributed by atoms with Crippen LogP contribution in [0.1, 0.15) is 27.0 Å². The summed E-state index contributed by atoms with van der Waals surface area (Å²) in [5, 5.41) is 1.02. The molecule has 0 bridgehead atoms. The number of nitrogens with one attached hydrogen (secondary N) is 1. The van der Waals surface area contributed by atoms with Gasteiger partial charge in [-0.3, -0.25) is 4.79 Å². The lowest BCUT2D eigenvalue weighted by Gasteiger charge is -2.04. The molecule has 0 fully saturated rings. The lowest BCUT2D eigenvalue weighted by molar-refractivity contribution is 0.103.